The van der Waals surface area contributed by atoms with Crippen molar-refractivity contribution in [2.24, 2.45) is 0 Å². The van der Waals surface area contributed by atoms with E-state index >= 15 is 0 Å². The molecule has 0 amide bonds. The monoisotopic (exact) mass is 536 g/mol. The van der Waals surface area contributed by atoms with Crippen LogP contribution in [0.1, 0.15) is 38.5 Å². The van der Waals surface area contributed by atoms with E-state index in [1.54, 1.807) is 0 Å². The maximum atomic E-state index is 6.29. The summed E-state index contributed by atoms with van der Waals surface area (Å²) >= 11 is 0. The zero-order chi connectivity index (χ0) is 25.7. The lowest BCUT2D eigenvalue weighted by Crippen LogP contribution is -2.48. The summed E-state index contributed by atoms with van der Waals surface area (Å²) in [5, 5.41) is 0. The summed E-state index contributed by atoms with van der Waals surface area (Å²) in [7, 11) is 0. The summed E-state index contributed by atoms with van der Waals surface area (Å²) < 4.78 is 63.5. The summed E-state index contributed by atoms with van der Waals surface area (Å²) in [4.78, 5) is 0. The van der Waals surface area contributed by atoms with Crippen LogP contribution < -0.4 is 0 Å². The molecule has 2 atom stereocenters. The van der Waals surface area contributed by atoms with Crippen LogP contribution >= 0.6 is 0 Å². The number of ether oxygens (including phenoxy) is 11. The minimum atomic E-state index is -0.787. The quantitative estimate of drug-likeness (QED) is 0.304. The van der Waals surface area contributed by atoms with E-state index in [1.165, 1.54) is 0 Å². The Bertz CT molecular complexity index is 513. The maximum absolute atomic E-state index is 6.29. The summed E-state index contributed by atoms with van der Waals surface area (Å²) in [5.41, 5.74) is -0.787. The van der Waals surface area contributed by atoms with E-state index in [0.717, 1.165) is 51.7 Å². The number of rotatable bonds is 14. The highest BCUT2D eigenvalue weighted by Crippen LogP contribution is 2.17. The van der Waals surface area contributed by atoms with Crippen LogP contribution in [0.25, 0.3) is 0 Å². The molecule has 3 rings (SSSR count). The third-order valence-corrected chi connectivity index (χ3v) is 6.19. The van der Waals surface area contributed by atoms with Crippen molar-refractivity contribution in [2.45, 2.75) is 56.7 Å². The first kappa shape index (κ1) is 31.1. The second-order valence-electron chi connectivity index (χ2n) is 9.36. The van der Waals surface area contributed by atoms with E-state index in [0.29, 0.717) is 99.1 Å². The van der Waals surface area contributed by atoms with Crippen molar-refractivity contribution in [3.8, 4) is 0 Å². The molecule has 0 aromatic heterocycles. The van der Waals surface area contributed by atoms with Gasteiger partial charge in [0.25, 0.3) is 0 Å². The van der Waals surface area contributed by atoms with Crippen LogP contribution in [0.5, 0.6) is 0 Å². The first-order valence-electron chi connectivity index (χ1n) is 13.9. The van der Waals surface area contributed by atoms with E-state index < -0.39 is 5.60 Å². The first-order valence-corrected chi connectivity index (χ1v) is 13.9. The summed E-state index contributed by atoms with van der Waals surface area (Å²) in [6, 6.07) is 0. The number of hydrogen-bond acceptors (Lipinski definition) is 11. The predicted molar refractivity (Wildman–Crippen MR) is 133 cm³/mol. The highest BCUT2D eigenvalue weighted by Gasteiger charge is 2.33. The topological polar surface area (TPSA) is 102 Å². The molecule has 0 aromatic carbocycles. The maximum Gasteiger partial charge on any atom is 0.157 e. The molecule has 0 radical (unpaired) electrons. The van der Waals surface area contributed by atoms with Crippen LogP contribution in [-0.2, 0) is 52.1 Å². The van der Waals surface area contributed by atoms with Crippen LogP contribution in [-0.4, -0.2) is 130 Å². The lowest BCUT2D eigenvalue weighted by molar-refractivity contribution is -0.191. The molecule has 11 nitrogen and oxygen atoms in total. The molecule has 11 heteroatoms. The lowest BCUT2D eigenvalue weighted by atomic mass is 10.1. The van der Waals surface area contributed by atoms with Crippen LogP contribution in [0, 0.1) is 0 Å². The molecular formula is C26H48O11. The van der Waals surface area contributed by atoms with Gasteiger partial charge in [0.2, 0.25) is 0 Å². The lowest BCUT2D eigenvalue weighted by Gasteiger charge is -2.33. The zero-order valence-corrected chi connectivity index (χ0v) is 22.4. The van der Waals surface area contributed by atoms with Gasteiger partial charge in [-0.15, -0.1) is 0 Å². The van der Waals surface area contributed by atoms with Crippen LogP contribution in [0.4, 0.5) is 0 Å². The molecule has 0 aromatic rings. The van der Waals surface area contributed by atoms with Gasteiger partial charge in [-0.3, -0.25) is 0 Å². The Hall–Kier alpha value is -0.440. The molecule has 0 N–H and O–H groups in total. The van der Waals surface area contributed by atoms with Crippen LogP contribution in [0.2, 0.25) is 0 Å². The molecule has 0 saturated carbocycles. The molecule has 218 valence electrons. The molecular weight excluding hydrogens is 488 g/mol. The van der Waals surface area contributed by atoms with Gasteiger partial charge in [0.1, 0.15) is 5.60 Å². The van der Waals surface area contributed by atoms with Gasteiger partial charge in [0.15, 0.2) is 12.6 Å². The molecule has 37 heavy (non-hydrogen) atoms. The first-order chi connectivity index (χ1) is 18.4. The zero-order valence-electron chi connectivity index (χ0n) is 22.4. The van der Waals surface area contributed by atoms with Gasteiger partial charge in [-0.25, -0.2) is 0 Å². The molecule has 3 heterocycles. The highest BCUT2D eigenvalue weighted by molar-refractivity contribution is 4.81. The van der Waals surface area contributed by atoms with E-state index in [9.17, 15) is 0 Å². The Labute approximate surface area is 221 Å². The minimum absolute atomic E-state index is 0.106. The standard InChI is InChI=1S/C26H48O11/c1-3-7-33-24(5-1)35-18-15-29-17-20-37-26(23-32-16-19-36-25-6-2-4-8-34-25)21-30-13-11-27-9-10-28-12-14-31-22-26/h24-25H,1-23H2. The van der Waals surface area contributed by atoms with Crippen LogP contribution in [0.3, 0.4) is 0 Å². The van der Waals surface area contributed by atoms with Crippen molar-refractivity contribution in [3.05, 3.63) is 0 Å². The third-order valence-electron chi connectivity index (χ3n) is 6.19. The molecule has 3 fully saturated rings. The van der Waals surface area contributed by atoms with Crippen LogP contribution in [0.15, 0.2) is 0 Å². The van der Waals surface area contributed by atoms with Gasteiger partial charge < -0.3 is 52.1 Å². The van der Waals surface area contributed by atoms with E-state index in [2.05, 4.69) is 0 Å². The van der Waals surface area contributed by atoms with Crippen molar-refractivity contribution in [1.29, 1.82) is 0 Å². The van der Waals surface area contributed by atoms with Crippen molar-refractivity contribution in [1.82, 2.24) is 0 Å². The molecule has 0 aliphatic carbocycles. The van der Waals surface area contributed by atoms with E-state index in [1.807, 2.05) is 0 Å². The molecule has 0 spiro atoms. The van der Waals surface area contributed by atoms with E-state index in [4.69, 9.17) is 52.1 Å². The summed E-state index contributed by atoms with van der Waals surface area (Å²) in [6.45, 7) is 8.04. The molecule has 3 aliphatic heterocycles. The van der Waals surface area contributed by atoms with Gasteiger partial charge in [0, 0.05) is 13.2 Å². The third kappa shape index (κ3) is 14.5. The fourth-order valence-electron chi connectivity index (χ4n) is 4.16. The van der Waals surface area contributed by atoms with Gasteiger partial charge in [-0.2, -0.15) is 0 Å². The van der Waals surface area contributed by atoms with Crippen molar-refractivity contribution < 1.29 is 52.1 Å². The second kappa shape index (κ2) is 20.5. The van der Waals surface area contributed by atoms with E-state index in [-0.39, 0.29) is 12.6 Å². The van der Waals surface area contributed by atoms with Gasteiger partial charge in [-0.1, -0.05) is 0 Å². The van der Waals surface area contributed by atoms with Gasteiger partial charge in [0.05, 0.1) is 99.1 Å². The summed E-state index contributed by atoms with van der Waals surface area (Å²) in [5.74, 6) is 0. The molecule has 3 saturated heterocycles. The fraction of sp³-hybridized carbons (Fsp3) is 1.00. The van der Waals surface area contributed by atoms with Crippen molar-refractivity contribution >= 4 is 0 Å². The molecule has 0 bridgehead atoms. The largest absolute Gasteiger partial charge is 0.377 e. The van der Waals surface area contributed by atoms with Gasteiger partial charge >= 0.3 is 0 Å². The fourth-order valence-corrected chi connectivity index (χ4v) is 4.16. The minimum Gasteiger partial charge on any atom is -0.377 e. The Kier molecular flexibility index (Phi) is 17.2. The highest BCUT2D eigenvalue weighted by atomic mass is 16.7. The molecule has 3 aliphatic rings. The molecule has 2 unspecified atom stereocenters. The average Bonchev–Trinajstić information content (AvgIpc) is 2.96. The average molecular weight is 537 g/mol. The number of hydrogen-bond donors (Lipinski definition) is 0. The second-order valence-corrected chi connectivity index (χ2v) is 9.36. The Morgan fingerprint density at radius 2 is 1.03 bits per heavy atom. The normalized spacial score (nSPS) is 26.6. The Balaban J connectivity index is 1.39. The van der Waals surface area contributed by atoms with Crippen molar-refractivity contribution in [3.63, 3.8) is 0 Å². The van der Waals surface area contributed by atoms with Gasteiger partial charge in [-0.05, 0) is 38.5 Å². The predicted octanol–water partition coefficient (Wildman–Crippen LogP) is 1.94. The summed E-state index contributed by atoms with van der Waals surface area (Å²) in [6.07, 6.45) is 6.11. The smallest absolute Gasteiger partial charge is 0.157 e. The SMILES string of the molecule is C1CCC(OCCOCCOC2(COCCOC3CCCCO3)COCCOCCOCCOC2)OC1. The van der Waals surface area contributed by atoms with Crippen molar-refractivity contribution in [2.75, 3.05) is 112 Å². The Morgan fingerprint density at radius 1 is 0.514 bits per heavy atom. The Morgan fingerprint density at radius 3 is 1.57 bits per heavy atom.